The molecule has 1 fully saturated rings. The first kappa shape index (κ1) is 13.8. The monoisotopic (exact) mass is 347 g/mol. The van der Waals surface area contributed by atoms with Crippen molar-refractivity contribution in [3.05, 3.63) is 33.9 Å². The Kier molecular flexibility index (Phi) is 3.56. The minimum Gasteiger partial charge on any atom is -0.347 e. The van der Waals surface area contributed by atoms with E-state index in [1.54, 1.807) is 11.3 Å². The molecule has 0 bridgehead atoms. The molecule has 1 aliphatic heterocycles. The fourth-order valence-electron chi connectivity index (χ4n) is 4.09. The smallest absolute Gasteiger partial charge is 0.0483 e. The van der Waals surface area contributed by atoms with E-state index in [2.05, 4.69) is 56.0 Å². The van der Waals surface area contributed by atoms with Gasteiger partial charge < -0.3 is 9.88 Å². The van der Waals surface area contributed by atoms with Gasteiger partial charge in [0.25, 0.3) is 0 Å². The zero-order valence-electron chi connectivity index (χ0n) is 12.5. The Morgan fingerprint density at radius 3 is 2.86 bits per heavy atom. The molecule has 4 heteroatoms. The summed E-state index contributed by atoms with van der Waals surface area (Å²) in [6.45, 7) is 4.69. The molecule has 4 rings (SSSR count). The normalized spacial score (nSPS) is 23.4. The van der Waals surface area contributed by atoms with Crippen molar-refractivity contribution in [1.82, 2.24) is 14.8 Å². The standard InChI is InChI=1S/C17H22BrN3/c1-20-16-4-2-12(18)10-14(16)15-11-13(3-5-17(15)20)21-8-6-19-7-9-21/h2,4,10,13,19H,3,5-9,11H2,1H3. The third-order valence-corrected chi connectivity index (χ3v) is 5.71. The second-order valence-corrected chi connectivity index (χ2v) is 7.24. The third kappa shape index (κ3) is 2.33. The largest absolute Gasteiger partial charge is 0.347 e. The summed E-state index contributed by atoms with van der Waals surface area (Å²) >= 11 is 3.63. The molecule has 1 aliphatic carbocycles. The number of aromatic nitrogens is 1. The fraction of sp³-hybridized carbons (Fsp3) is 0.529. The second-order valence-electron chi connectivity index (χ2n) is 6.33. The number of aryl methyl sites for hydroxylation is 1. The van der Waals surface area contributed by atoms with Gasteiger partial charge in [0.05, 0.1) is 0 Å². The van der Waals surface area contributed by atoms with Crippen LogP contribution < -0.4 is 5.32 Å². The van der Waals surface area contributed by atoms with Crippen molar-refractivity contribution >= 4 is 26.8 Å². The van der Waals surface area contributed by atoms with Gasteiger partial charge in [0.15, 0.2) is 0 Å². The van der Waals surface area contributed by atoms with E-state index in [0.717, 1.165) is 19.1 Å². The van der Waals surface area contributed by atoms with Crippen LogP contribution in [0.4, 0.5) is 0 Å². The predicted octanol–water partition coefficient (Wildman–Crippen LogP) is 2.70. The fourth-order valence-corrected chi connectivity index (χ4v) is 4.45. The van der Waals surface area contributed by atoms with Gasteiger partial charge in [-0.05, 0) is 43.0 Å². The maximum absolute atomic E-state index is 3.63. The lowest BCUT2D eigenvalue weighted by Crippen LogP contribution is -2.50. The Hall–Kier alpha value is -0.840. The maximum atomic E-state index is 3.63. The number of rotatable bonds is 1. The number of nitrogens with zero attached hydrogens (tertiary/aromatic N) is 2. The SMILES string of the molecule is Cn1c2c(c3cc(Br)ccc31)CC(N1CCNCC1)CC2. The lowest BCUT2D eigenvalue weighted by molar-refractivity contribution is 0.159. The highest BCUT2D eigenvalue weighted by atomic mass is 79.9. The Morgan fingerprint density at radius 1 is 1.24 bits per heavy atom. The predicted molar refractivity (Wildman–Crippen MR) is 90.9 cm³/mol. The molecule has 1 unspecified atom stereocenters. The molecule has 1 saturated heterocycles. The van der Waals surface area contributed by atoms with Crippen LogP contribution in [0.15, 0.2) is 22.7 Å². The summed E-state index contributed by atoms with van der Waals surface area (Å²) in [6.07, 6.45) is 3.73. The van der Waals surface area contributed by atoms with Crippen LogP contribution in [0.5, 0.6) is 0 Å². The number of nitrogens with one attached hydrogen (secondary N) is 1. The van der Waals surface area contributed by atoms with Crippen LogP contribution in [0, 0.1) is 0 Å². The summed E-state index contributed by atoms with van der Waals surface area (Å²) in [5.41, 5.74) is 4.52. The average Bonchev–Trinajstić information content (AvgIpc) is 2.80. The van der Waals surface area contributed by atoms with E-state index >= 15 is 0 Å². The van der Waals surface area contributed by atoms with Gasteiger partial charge in [0, 0.05) is 60.3 Å². The molecule has 2 heterocycles. The van der Waals surface area contributed by atoms with E-state index in [1.165, 1.54) is 47.7 Å². The van der Waals surface area contributed by atoms with E-state index in [-0.39, 0.29) is 0 Å². The highest BCUT2D eigenvalue weighted by Crippen LogP contribution is 2.34. The Balaban J connectivity index is 1.72. The summed E-state index contributed by atoms with van der Waals surface area (Å²) in [5, 5.41) is 4.91. The molecular formula is C17H22BrN3. The Morgan fingerprint density at radius 2 is 2.05 bits per heavy atom. The van der Waals surface area contributed by atoms with Crippen molar-refractivity contribution in [2.75, 3.05) is 26.2 Å². The zero-order valence-corrected chi connectivity index (χ0v) is 14.1. The average molecular weight is 348 g/mol. The van der Waals surface area contributed by atoms with Crippen LogP contribution in [0.2, 0.25) is 0 Å². The maximum Gasteiger partial charge on any atom is 0.0483 e. The number of halogens is 1. The molecule has 21 heavy (non-hydrogen) atoms. The van der Waals surface area contributed by atoms with E-state index in [9.17, 15) is 0 Å². The van der Waals surface area contributed by atoms with Crippen molar-refractivity contribution in [1.29, 1.82) is 0 Å². The topological polar surface area (TPSA) is 20.2 Å². The van der Waals surface area contributed by atoms with Crippen molar-refractivity contribution in [3.8, 4) is 0 Å². The molecular weight excluding hydrogens is 326 g/mol. The first-order valence-corrected chi connectivity index (χ1v) is 8.74. The van der Waals surface area contributed by atoms with E-state index < -0.39 is 0 Å². The molecule has 3 nitrogen and oxygen atoms in total. The summed E-state index contributed by atoms with van der Waals surface area (Å²) in [5.74, 6) is 0. The number of benzene rings is 1. The van der Waals surface area contributed by atoms with Gasteiger partial charge in [-0.1, -0.05) is 15.9 Å². The first-order valence-electron chi connectivity index (χ1n) is 7.94. The molecule has 112 valence electrons. The molecule has 1 aromatic carbocycles. The van der Waals surface area contributed by atoms with Gasteiger partial charge in [-0.2, -0.15) is 0 Å². The molecule has 1 atom stereocenters. The van der Waals surface area contributed by atoms with Crippen LogP contribution >= 0.6 is 15.9 Å². The van der Waals surface area contributed by atoms with Crippen molar-refractivity contribution in [3.63, 3.8) is 0 Å². The molecule has 1 N–H and O–H groups in total. The van der Waals surface area contributed by atoms with Crippen molar-refractivity contribution in [2.24, 2.45) is 7.05 Å². The lowest BCUT2D eigenvalue weighted by Gasteiger charge is -2.37. The summed E-state index contributed by atoms with van der Waals surface area (Å²) in [7, 11) is 2.22. The Labute approximate surface area is 134 Å². The van der Waals surface area contributed by atoms with E-state index in [4.69, 9.17) is 0 Å². The van der Waals surface area contributed by atoms with Crippen LogP contribution in [0.3, 0.4) is 0 Å². The Bertz CT molecular complexity index is 670. The van der Waals surface area contributed by atoms with Crippen LogP contribution in [0.1, 0.15) is 17.7 Å². The van der Waals surface area contributed by atoms with Crippen LogP contribution in [-0.4, -0.2) is 41.7 Å². The van der Waals surface area contributed by atoms with Crippen LogP contribution in [-0.2, 0) is 19.9 Å². The molecule has 0 saturated carbocycles. The van der Waals surface area contributed by atoms with Gasteiger partial charge in [-0.15, -0.1) is 0 Å². The first-order chi connectivity index (χ1) is 10.2. The molecule has 0 spiro atoms. The quantitative estimate of drug-likeness (QED) is 0.855. The summed E-state index contributed by atoms with van der Waals surface area (Å²) in [6, 6.07) is 7.43. The number of piperazine rings is 1. The van der Waals surface area contributed by atoms with Gasteiger partial charge in [0.1, 0.15) is 0 Å². The minimum absolute atomic E-state index is 0.726. The molecule has 2 aromatic rings. The van der Waals surface area contributed by atoms with Crippen LogP contribution in [0.25, 0.3) is 10.9 Å². The van der Waals surface area contributed by atoms with Gasteiger partial charge in [0.2, 0.25) is 0 Å². The zero-order chi connectivity index (χ0) is 14.4. The number of hydrogen-bond acceptors (Lipinski definition) is 2. The van der Waals surface area contributed by atoms with Crippen molar-refractivity contribution < 1.29 is 0 Å². The van der Waals surface area contributed by atoms with Gasteiger partial charge in [-0.25, -0.2) is 0 Å². The lowest BCUT2D eigenvalue weighted by atomic mass is 9.90. The van der Waals surface area contributed by atoms with Gasteiger partial charge in [-0.3, -0.25) is 4.90 Å². The number of hydrogen-bond donors (Lipinski definition) is 1. The van der Waals surface area contributed by atoms with Gasteiger partial charge >= 0.3 is 0 Å². The minimum atomic E-state index is 0.726. The molecule has 2 aliphatic rings. The summed E-state index contributed by atoms with van der Waals surface area (Å²) < 4.78 is 3.60. The van der Waals surface area contributed by atoms with E-state index in [1.807, 2.05) is 0 Å². The molecule has 0 radical (unpaired) electrons. The molecule has 0 amide bonds. The molecule has 1 aromatic heterocycles. The highest BCUT2D eigenvalue weighted by molar-refractivity contribution is 9.10. The van der Waals surface area contributed by atoms with Crippen molar-refractivity contribution in [2.45, 2.75) is 25.3 Å². The number of fused-ring (bicyclic) bond motifs is 3. The third-order valence-electron chi connectivity index (χ3n) is 5.22. The second kappa shape index (κ2) is 5.41. The van der Waals surface area contributed by atoms with E-state index in [0.29, 0.717) is 0 Å². The summed E-state index contributed by atoms with van der Waals surface area (Å²) in [4.78, 5) is 2.69. The highest BCUT2D eigenvalue weighted by Gasteiger charge is 2.28.